The van der Waals surface area contributed by atoms with E-state index in [1.165, 1.54) is 0 Å². The van der Waals surface area contributed by atoms with Crippen molar-refractivity contribution in [3.05, 3.63) is 29.3 Å². The Hall–Kier alpha value is -1.40. The molecule has 1 fully saturated rings. The molecule has 1 atom stereocenters. The third kappa shape index (κ3) is 4.28. The van der Waals surface area contributed by atoms with Crippen molar-refractivity contribution in [2.24, 2.45) is 0 Å². The largest absolute Gasteiger partial charge is 0.325 e. The average molecular weight is 310 g/mol. The smallest absolute Gasteiger partial charge is 0.238 e. The van der Waals surface area contributed by atoms with E-state index in [0.29, 0.717) is 6.42 Å². The fraction of sp³-hybridized carbons (Fsp3) is 0.533. The molecule has 0 aliphatic carbocycles. The number of sulfone groups is 1. The second kappa shape index (κ2) is 5.77. The highest BCUT2D eigenvalue weighted by atomic mass is 32.2. The fourth-order valence-electron chi connectivity index (χ4n) is 2.51. The molecule has 1 saturated heterocycles. The lowest BCUT2D eigenvalue weighted by Crippen LogP contribution is -2.46. The van der Waals surface area contributed by atoms with Gasteiger partial charge in [-0.1, -0.05) is 12.1 Å². The summed E-state index contributed by atoms with van der Waals surface area (Å²) in [6, 6.07) is 5.88. The van der Waals surface area contributed by atoms with Gasteiger partial charge in [0.2, 0.25) is 5.91 Å². The Kier molecular flexibility index (Phi) is 4.39. The van der Waals surface area contributed by atoms with Crippen LogP contribution >= 0.6 is 0 Å². The average Bonchev–Trinajstić information content (AvgIpc) is 2.66. The van der Waals surface area contributed by atoms with Crippen molar-refractivity contribution in [1.29, 1.82) is 0 Å². The minimum atomic E-state index is -2.97. The molecule has 1 amide bonds. The summed E-state index contributed by atoms with van der Waals surface area (Å²) in [5.74, 6) is 0.125. The molecule has 1 aromatic rings. The number of aryl methyl sites for hydroxylation is 2. The van der Waals surface area contributed by atoms with Crippen LogP contribution in [0.15, 0.2) is 18.2 Å². The maximum Gasteiger partial charge on any atom is 0.238 e. The molecule has 1 heterocycles. The van der Waals surface area contributed by atoms with Crippen LogP contribution in [0.25, 0.3) is 0 Å². The minimum absolute atomic E-state index is 0.0940. The Morgan fingerprint density at radius 1 is 1.33 bits per heavy atom. The summed E-state index contributed by atoms with van der Waals surface area (Å²) in [5, 5.41) is 5.94. The third-order valence-electron chi connectivity index (χ3n) is 3.85. The second-order valence-electron chi connectivity index (χ2n) is 6.12. The summed E-state index contributed by atoms with van der Waals surface area (Å²) < 4.78 is 23.0. The van der Waals surface area contributed by atoms with Gasteiger partial charge in [0.15, 0.2) is 9.84 Å². The van der Waals surface area contributed by atoms with Gasteiger partial charge in [0, 0.05) is 11.2 Å². The first-order valence-corrected chi connectivity index (χ1v) is 8.84. The van der Waals surface area contributed by atoms with Crippen molar-refractivity contribution in [1.82, 2.24) is 5.32 Å². The molecule has 1 aliphatic heterocycles. The van der Waals surface area contributed by atoms with Crippen LogP contribution in [0.2, 0.25) is 0 Å². The number of rotatable bonds is 4. The van der Waals surface area contributed by atoms with Gasteiger partial charge in [-0.25, -0.2) is 8.42 Å². The highest BCUT2D eigenvalue weighted by molar-refractivity contribution is 7.91. The van der Waals surface area contributed by atoms with Crippen molar-refractivity contribution < 1.29 is 13.2 Å². The van der Waals surface area contributed by atoms with E-state index < -0.39 is 15.4 Å². The van der Waals surface area contributed by atoms with Gasteiger partial charge in [0.05, 0.1) is 18.1 Å². The monoisotopic (exact) mass is 310 g/mol. The number of anilines is 1. The Morgan fingerprint density at radius 2 is 2.05 bits per heavy atom. The topological polar surface area (TPSA) is 75.3 Å². The molecule has 1 aromatic carbocycles. The van der Waals surface area contributed by atoms with Crippen LogP contribution in [0.4, 0.5) is 5.69 Å². The van der Waals surface area contributed by atoms with E-state index in [2.05, 4.69) is 10.6 Å². The standard InChI is InChI=1S/C15H22N2O3S/c1-11-4-5-12(2)13(8-11)17-14(18)9-16-15(3)6-7-21(19,20)10-15/h4-5,8,16H,6-7,9-10H2,1-3H3,(H,17,18). The van der Waals surface area contributed by atoms with Gasteiger partial charge in [-0.05, 0) is 44.4 Å². The summed E-state index contributed by atoms with van der Waals surface area (Å²) in [7, 11) is -2.97. The number of amides is 1. The molecule has 0 saturated carbocycles. The molecule has 2 N–H and O–H groups in total. The number of benzene rings is 1. The molecule has 0 aromatic heterocycles. The van der Waals surface area contributed by atoms with Gasteiger partial charge < -0.3 is 10.6 Å². The van der Waals surface area contributed by atoms with Crippen molar-refractivity contribution >= 4 is 21.4 Å². The predicted molar refractivity (Wildman–Crippen MR) is 84.2 cm³/mol. The summed E-state index contributed by atoms with van der Waals surface area (Å²) in [5.41, 5.74) is 2.38. The van der Waals surface area contributed by atoms with Crippen LogP contribution in [0.5, 0.6) is 0 Å². The predicted octanol–water partition coefficient (Wildman–Crippen LogP) is 1.41. The molecule has 0 bridgehead atoms. The lowest BCUT2D eigenvalue weighted by Gasteiger charge is -2.23. The third-order valence-corrected chi connectivity index (χ3v) is 5.75. The Morgan fingerprint density at radius 3 is 2.67 bits per heavy atom. The Balaban J connectivity index is 1.92. The highest BCUT2D eigenvalue weighted by Crippen LogP contribution is 2.22. The zero-order valence-electron chi connectivity index (χ0n) is 12.7. The van der Waals surface area contributed by atoms with Crippen molar-refractivity contribution in [2.45, 2.75) is 32.7 Å². The van der Waals surface area contributed by atoms with Crippen LogP contribution in [-0.2, 0) is 14.6 Å². The number of hydrogen-bond donors (Lipinski definition) is 2. The van der Waals surface area contributed by atoms with Gasteiger partial charge in [-0.3, -0.25) is 4.79 Å². The van der Waals surface area contributed by atoms with Crippen LogP contribution in [0.3, 0.4) is 0 Å². The van der Waals surface area contributed by atoms with E-state index in [1.807, 2.05) is 39.0 Å². The number of hydrogen-bond acceptors (Lipinski definition) is 4. The number of carbonyl (C=O) groups is 1. The Labute approximate surface area is 126 Å². The quantitative estimate of drug-likeness (QED) is 0.882. The molecular formula is C15H22N2O3S. The van der Waals surface area contributed by atoms with Crippen LogP contribution in [0.1, 0.15) is 24.5 Å². The van der Waals surface area contributed by atoms with Crippen molar-refractivity contribution in [3.63, 3.8) is 0 Å². The first-order chi connectivity index (χ1) is 9.69. The second-order valence-corrected chi connectivity index (χ2v) is 8.31. The number of carbonyl (C=O) groups excluding carboxylic acids is 1. The highest BCUT2D eigenvalue weighted by Gasteiger charge is 2.38. The normalized spacial score (nSPS) is 24.0. The van der Waals surface area contributed by atoms with E-state index in [-0.39, 0.29) is 24.0 Å². The summed E-state index contributed by atoms with van der Waals surface area (Å²) in [6.07, 6.45) is 0.548. The van der Waals surface area contributed by atoms with Gasteiger partial charge in [-0.2, -0.15) is 0 Å². The summed E-state index contributed by atoms with van der Waals surface area (Å²) in [6.45, 7) is 5.87. The summed E-state index contributed by atoms with van der Waals surface area (Å²) in [4.78, 5) is 12.0. The molecule has 0 spiro atoms. The molecule has 116 valence electrons. The molecule has 1 unspecified atom stereocenters. The van der Waals surface area contributed by atoms with Crippen molar-refractivity contribution in [3.8, 4) is 0 Å². The summed E-state index contributed by atoms with van der Waals surface area (Å²) >= 11 is 0. The molecule has 21 heavy (non-hydrogen) atoms. The first kappa shape index (κ1) is 16.0. The molecule has 0 radical (unpaired) electrons. The van der Waals surface area contributed by atoms with Crippen LogP contribution in [0, 0.1) is 13.8 Å². The van der Waals surface area contributed by atoms with Gasteiger partial charge in [-0.15, -0.1) is 0 Å². The lowest BCUT2D eigenvalue weighted by molar-refractivity contribution is -0.115. The molecule has 1 aliphatic rings. The maximum absolute atomic E-state index is 12.0. The first-order valence-electron chi connectivity index (χ1n) is 7.02. The van der Waals surface area contributed by atoms with Gasteiger partial charge in [0.1, 0.15) is 0 Å². The fourth-order valence-corrected chi connectivity index (χ4v) is 4.63. The van der Waals surface area contributed by atoms with Gasteiger partial charge >= 0.3 is 0 Å². The SMILES string of the molecule is Cc1ccc(C)c(NC(=O)CNC2(C)CCS(=O)(=O)C2)c1. The molecule has 2 rings (SSSR count). The van der Waals surface area contributed by atoms with Crippen LogP contribution < -0.4 is 10.6 Å². The lowest BCUT2D eigenvalue weighted by atomic mass is 10.0. The van der Waals surface area contributed by atoms with E-state index >= 15 is 0 Å². The molecule has 6 heteroatoms. The van der Waals surface area contributed by atoms with Crippen LogP contribution in [-0.4, -0.2) is 37.9 Å². The Bertz CT molecular complexity index is 655. The maximum atomic E-state index is 12.0. The molecular weight excluding hydrogens is 288 g/mol. The van der Waals surface area contributed by atoms with Crippen molar-refractivity contribution in [2.75, 3.05) is 23.4 Å². The molecule has 5 nitrogen and oxygen atoms in total. The minimum Gasteiger partial charge on any atom is -0.325 e. The van der Waals surface area contributed by atoms with E-state index in [9.17, 15) is 13.2 Å². The number of nitrogens with one attached hydrogen (secondary N) is 2. The zero-order chi connectivity index (χ0) is 15.7. The van der Waals surface area contributed by atoms with E-state index in [1.54, 1.807) is 0 Å². The van der Waals surface area contributed by atoms with E-state index in [4.69, 9.17) is 0 Å². The van der Waals surface area contributed by atoms with Gasteiger partial charge in [0.25, 0.3) is 0 Å². The zero-order valence-corrected chi connectivity index (χ0v) is 13.5. The van der Waals surface area contributed by atoms with E-state index in [0.717, 1.165) is 16.8 Å².